The SMILES string of the molecule is C[C@H](NC(=O)OCC1c2ccccc2-c2ccccc21)C(=O)NCC(CC(=O)O)C1CC1. The molecule has 1 unspecified atom stereocenters. The molecule has 168 valence electrons. The Labute approximate surface area is 187 Å². The molecular weight excluding hydrogens is 408 g/mol. The van der Waals surface area contributed by atoms with Gasteiger partial charge in [-0.1, -0.05) is 48.5 Å². The van der Waals surface area contributed by atoms with Gasteiger partial charge < -0.3 is 20.5 Å². The van der Waals surface area contributed by atoms with Crippen molar-refractivity contribution in [2.24, 2.45) is 11.8 Å². The van der Waals surface area contributed by atoms with Crippen molar-refractivity contribution < 1.29 is 24.2 Å². The third-order valence-electron chi connectivity index (χ3n) is 6.34. The van der Waals surface area contributed by atoms with Crippen molar-refractivity contribution in [3.8, 4) is 11.1 Å². The van der Waals surface area contributed by atoms with Crippen LogP contribution < -0.4 is 10.6 Å². The van der Waals surface area contributed by atoms with Gasteiger partial charge in [0.05, 0.1) is 6.42 Å². The molecule has 7 nitrogen and oxygen atoms in total. The van der Waals surface area contributed by atoms with E-state index >= 15 is 0 Å². The van der Waals surface area contributed by atoms with E-state index in [-0.39, 0.29) is 30.8 Å². The van der Waals surface area contributed by atoms with E-state index in [1.807, 2.05) is 36.4 Å². The molecule has 0 bridgehead atoms. The van der Waals surface area contributed by atoms with E-state index in [1.54, 1.807) is 6.92 Å². The maximum absolute atomic E-state index is 12.4. The van der Waals surface area contributed by atoms with Crippen LogP contribution in [0.3, 0.4) is 0 Å². The van der Waals surface area contributed by atoms with Crippen molar-refractivity contribution >= 4 is 18.0 Å². The van der Waals surface area contributed by atoms with Gasteiger partial charge in [0.2, 0.25) is 5.91 Å². The van der Waals surface area contributed by atoms with Gasteiger partial charge in [-0.05, 0) is 53.9 Å². The van der Waals surface area contributed by atoms with E-state index in [9.17, 15) is 14.4 Å². The van der Waals surface area contributed by atoms with Gasteiger partial charge in [-0.25, -0.2) is 4.79 Å². The van der Waals surface area contributed by atoms with E-state index in [1.165, 1.54) is 0 Å². The molecule has 1 fully saturated rings. The number of aliphatic carboxylic acids is 1. The highest BCUT2D eigenvalue weighted by Gasteiger charge is 2.33. The molecule has 0 radical (unpaired) electrons. The van der Waals surface area contributed by atoms with Crippen LogP contribution in [0.25, 0.3) is 11.1 Å². The minimum absolute atomic E-state index is 0.0408. The molecular formula is C25H28N2O5. The molecule has 0 aliphatic heterocycles. The van der Waals surface area contributed by atoms with Gasteiger partial charge in [0.25, 0.3) is 0 Å². The van der Waals surface area contributed by atoms with Gasteiger partial charge >= 0.3 is 12.1 Å². The summed E-state index contributed by atoms with van der Waals surface area (Å²) in [6, 6.07) is 15.4. The Balaban J connectivity index is 1.28. The number of alkyl carbamates (subject to hydrolysis) is 1. The highest BCUT2D eigenvalue weighted by atomic mass is 16.5. The first-order chi connectivity index (χ1) is 15.4. The molecule has 3 N–H and O–H groups in total. The Morgan fingerprint density at radius 2 is 1.62 bits per heavy atom. The third-order valence-corrected chi connectivity index (χ3v) is 6.34. The number of carboxylic acid groups (broad SMARTS) is 1. The third kappa shape index (κ3) is 4.93. The van der Waals surface area contributed by atoms with Crippen molar-refractivity contribution in [2.75, 3.05) is 13.2 Å². The van der Waals surface area contributed by atoms with Gasteiger partial charge in [-0.3, -0.25) is 9.59 Å². The predicted octanol–water partition coefficient (Wildman–Crippen LogP) is 3.53. The number of hydrogen-bond acceptors (Lipinski definition) is 4. The summed E-state index contributed by atoms with van der Waals surface area (Å²) in [6.45, 7) is 2.06. The zero-order valence-corrected chi connectivity index (χ0v) is 18.0. The quantitative estimate of drug-likeness (QED) is 0.558. The number of carbonyl (C=O) groups excluding carboxylic acids is 2. The van der Waals surface area contributed by atoms with Crippen LogP contribution in [-0.4, -0.2) is 42.3 Å². The lowest BCUT2D eigenvalue weighted by atomic mass is 9.98. The largest absolute Gasteiger partial charge is 0.481 e. The first-order valence-corrected chi connectivity index (χ1v) is 11.0. The summed E-state index contributed by atoms with van der Waals surface area (Å²) in [5, 5.41) is 14.4. The molecule has 2 atom stereocenters. The zero-order chi connectivity index (χ0) is 22.7. The smallest absolute Gasteiger partial charge is 0.407 e. The Bertz CT molecular complexity index is 971. The summed E-state index contributed by atoms with van der Waals surface area (Å²) in [6.07, 6.45) is 1.39. The van der Waals surface area contributed by atoms with E-state index in [2.05, 4.69) is 22.8 Å². The lowest BCUT2D eigenvalue weighted by molar-refractivity contribution is -0.138. The van der Waals surface area contributed by atoms with E-state index in [0.29, 0.717) is 12.5 Å². The van der Waals surface area contributed by atoms with E-state index < -0.39 is 18.1 Å². The molecule has 2 amide bonds. The van der Waals surface area contributed by atoms with Gasteiger partial charge in [0.1, 0.15) is 12.6 Å². The Hall–Kier alpha value is -3.35. The number of rotatable bonds is 9. The van der Waals surface area contributed by atoms with Crippen LogP contribution in [0.4, 0.5) is 4.79 Å². The number of carbonyl (C=O) groups is 3. The normalized spacial score (nSPS) is 16.4. The van der Waals surface area contributed by atoms with Crippen molar-refractivity contribution in [1.29, 1.82) is 0 Å². The van der Waals surface area contributed by atoms with Crippen molar-refractivity contribution in [2.45, 2.75) is 38.1 Å². The first-order valence-electron chi connectivity index (χ1n) is 11.0. The van der Waals surface area contributed by atoms with Crippen LogP contribution in [0.2, 0.25) is 0 Å². The second-order valence-corrected chi connectivity index (χ2v) is 8.63. The fraction of sp³-hybridized carbons (Fsp3) is 0.400. The number of ether oxygens (including phenoxy) is 1. The molecule has 0 heterocycles. The number of amides is 2. The maximum Gasteiger partial charge on any atom is 0.407 e. The van der Waals surface area contributed by atoms with Crippen LogP contribution in [-0.2, 0) is 14.3 Å². The fourth-order valence-corrected chi connectivity index (χ4v) is 4.46. The van der Waals surface area contributed by atoms with Crippen LogP contribution >= 0.6 is 0 Å². The number of fused-ring (bicyclic) bond motifs is 3. The maximum atomic E-state index is 12.4. The number of benzene rings is 2. The van der Waals surface area contributed by atoms with Gasteiger partial charge in [-0.2, -0.15) is 0 Å². The standard InChI is InChI=1S/C25H28N2O5/c1-15(24(30)26-13-17(12-23(28)29)16-10-11-16)27-25(31)32-14-22-20-8-4-2-6-18(20)19-7-3-5-9-21(19)22/h2-9,15-17,22H,10-14H2,1H3,(H,26,30)(H,27,31)(H,28,29)/t15-,17?/m0/s1. The van der Waals surface area contributed by atoms with Crippen LogP contribution in [0, 0.1) is 11.8 Å². The van der Waals surface area contributed by atoms with Crippen molar-refractivity contribution in [3.63, 3.8) is 0 Å². The van der Waals surface area contributed by atoms with Crippen LogP contribution in [0.5, 0.6) is 0 Å². The van der Waals surface area contributed by atoms with Crippen LogP contribution in [0.1, 0.15) is 43.2 Å². The van der Waals surface area contributed by atoms with Gasteiger partial charge in [0.15, 0.2) is 0 Å². The Morgan fingerprint density at radius 1 is 1.03 bits per heavy atom. The lowest BCUT2D eigenvalue weighted by Gasteiger charge is -2.19. The summed E-state index contributed by atoms with van der Waals surface area (Å²) < 4.78 is 5.48. The lowest BCUT2D eigenvalue weighted by Crippen LogP contribution is -2.46. The molecule has 2 aromatic carbocycles. The highest BCUT2D eigenvalue weighted by molar-refractivity contribution is 5.85. The monoisotopic (exact) mass is 436 g/mol. The second-order valence-electron chi connectivity index (χ2n) is 8.63. The molecule has 32 heavy (non-hydrogen) atoms. The summed E-state index contributed by atoms with van der Waals surface area (Å²) in [4.78, 5) is 35.7. The van der Waals surface area contributed by atoms with E-state index in [4.69, 9.17) is 9.84 Å². The molecule has 1 saturated carbocycles. The first kappa shape index (κ1) is 21.9. The topological polar surface area (TPSA) is 105 Å². The minimum atomic E-state index is -0.860. The summed E-state index contributed by atoms with van der Waals surface area (Å²) in [5.41, 5.74) is 4.54. The molecule has 0 saturated heterocycles. The molecule has 7 heteroatoms. The van der Waals surface area contributed by atoms with Gasteiger partial charge in [0, 0.05) is 12.5 Å². The number of nitrogens with one attached hydrogen (secondary N) is 2. The average Bonchev–Trinajstić information content (AvgIpc) is 3.57. The van der Waals surface area contributed by atoms with Crippen molar-refractivity contribution in [3.05, 3.63) is 59.7 Å². The predicted molar refractivity (Wildman–Crippen MR) is 119 cm³/mol. The van der Waals surface area contributed by atoms with E-state index in [0.717, 1.165) is 35.1 Å². The van der Waals surface area contributed by atoms with Gasteiger partial charge in [-0.15, -0.1) is 0 Å². The van der Waals surface area contributed by atoms with Crippen LogP contribution in [0.15, 0.2) is 48.5 Å². The highest BCUT2D eigenvalue weighted by Crippen LogP contribution is 2.44. The second kappa shape index (κ2) is 9.42. The number of hydrogen-bond donors (Lipinski definition) is 3. The average molecular weight is 437 g/mol. The molecule has 2 aliphatic rings. The molecule has 4 rings (SSSR count). The zero-order valence-electron chi connectivity index (χ0n) is 18.0. The summed E-state index contributed by atoms with van der Waals surface area (Å²) in [7, 11) is 0. The number of carboxylic acids is 1. The Morgan fingerprint density at radius 3 is 2.19 bits per heavy atom. The Kier molecular flexibility index (Phi) is 6.44. The molecule has 2 aromatic rings. The summed E-state index contributed by atoms with van der Waals surface area (Å²) in [5.74, 6) is -0.974. The molecule has 0 spiro atoms. The minimum Gasteiger partial charge on any atom is -0.481 e. The van der Waals surface area contributed by atoms with Crippen molar-refractivity contribution in [1.82, 2.24) is 10.6 Å². The summed E-state index contributed by atoms with van der Waals surface area (Å²) >= 11 is 0. The fourth-order valence-electron chi connectivity index (χ4n) is 4.46. The molecule has 2 aliphatic carbocycles. The molecule has 0 aromatic heterocycles.